The van der Waals surface area contributed by atoms with Gasteiger partial charge in [-0.15, -0.1) is 0 Å². The number of anilines is 1. The molecule has 0 bridgehead atoms. The fourth-order valence-corrected chi connectivity index (χ4v) is 3.83. The van der Waals surface area contributed by atoms with Crippen LogP contribution in [-0.2, 0) is 0 Å². The number of nitrogens with one attached hydrogen (secondary N) is 1. The van der Waals surface area contributed by atoms with E-state index in [1.54, 1.807) is 7.11 Å². The molecule has 144 valence electrons. The van der Waals surface area contributed by atoms with Gasteiger partial charge >= 0.3 is 6.03 Å². The molecule has 3 rings (SSSR count). The van der Waals surface area contributed by atoms with Crippen LogP contribution in [0.3, 0.4) is 0 Å². The molecule has 0 saturated carbocycles. The number of amides is 2. The van der Waals surface area contributed by atoms with Gasteiger partial charge in [-0.25, -0.2) is 4.79 Å². The average molecular weight is 361 g/mol. The molecule has 2 fully saturated rings. The second-order valence-corrected chi connectivity index (χ2v) is 7.13. The molecule has 26 heavy (non-hydrogen) atoms. The molecule has 2 saturated heterocycles. The van der Waals surface area contributed by atoms with Gasteiger partial charge in [0.05, 0.1) is 12.8 Å². The highest BCUT2D eigenvalue weighted by Gasteiger charge is 2.22. The predicted molar refractivity (Wildman–Crippen MR) is 105 cm³/mol. The van der Waals surface area contributed by atoms with Crippen molar-refractivity contribution in [3.63, 3.8) is 0 Å². The van der Waals surface area contributed by atoms with Crippen molar-refractivity contribution in [2.45, 2.75) is 25.7 Å². The fourth-order valence-electron chi connectivity index (χ4n) is 3.83. The van der Waals surface area contributed by atoms with Crippen molar-refractivity contribution in [2.75, 3.05) is 64.4 Å². The van der Waals surface area contributed by atoms with E-state index < -0.39 is 0 Å². The van der Waals surface area contributed by atoms with E-state index in [0.29, 0.717) is 0 Å². The summed E-state index contributed by atoms with van der Waals surface area (Å²) in [5, 5.41) is 3.09. The third kappa shape index (κ3) is 5.04. The number of carbonyl (C=O) groups is 1. The lowest BCUT2D eigenvalue weighted by Crippen LogP contribution is -2.52. The zero-order chi connectivity index (χ0) is 18.2. The van der Waals surface area contributed by atoms with E-state index in [0.717, 1.165) is 57.1 Å². The topological polar surface area (TPSA) is 48.1 Å². The first-order valence-electron chi connectivity index (χ1n) is 9.91. The number of piperazine rings is 1. The van der Waals surface area contributed by atoms with Crippen LogP contribution in [0.1, 0.15) is 25.7 Å². The summed E-state index contributed by atoms with van der Waals surface area (Å²) in [6.45, 7) is 7.47. The number of urea groups is 1. The lowest BCUT2D eigenvalue weighted by Gasteiger charge is -2.36. The number of rotatable bonds is 6. The van der Waals surface area contributed by atoms with Gasteiger partial charge in [0.15, 0.2) is 0 Å². The van der Waals surface area contributed by atoms with Crippen molar-refractivity contribution >= 4 is 11.7 Å². The van der Waals surface area contributed by atoms with Crippen LogP contribution in [-0.4, -0.2) is 75.3 Å². The first-order chi connectivity index (χ1) is 12.8. The molecule has 0 unspecified atom stereocenters. The van der Waals surface area contributed by atoms with Crippen molar-refractivity contribution in [1.29, 1.82) is 0 Å². The number of piperidine rings is 1. The highest BCUT2D eigenvalue weighted by molar-refractivity contribution is 5.74. The van der Waals surface area contributed by atoms with E-state index >= 15 is 0 Å². The Morgan fingerprint density at radius 1 is 1.04 bits per heavy atom. The standard InChI is InChI=1S/C20H32N4O2/c1-26-19-9-4-3-8-18(19)23-14-16-24(17-15-23)20(25)21-10-7-13-22-11-5-2-6-12-22/h3-4,8-9H,2,5-7,10-17H2,1H3,(H,21,25). The van der Waals surface area contributed by atoms with Crippen LogP contribution in [0.15, 0.2) is 24.3 Å². The summed E-state index contributed by atoms with van der Waals surface area (Å²) in [5.74, 6) is 0.892. The number of para-hydroxylation sites is 2. The van der Waals surface area contributed by atoms with Gasteiger partial charge in [-0.3, -0.25) is 0 Å². The van der Waals surface area contributed by atoms with E-state index in [2.05, 4.69) is 21.2 Å². The molecule has 2 amide bonds. The number of carbonyl (C=O) groups excluding carboxylic acids is 1. The summed E-state index contributed by atoms with van der Waals surface area (Å²) in [7, 11) is 1.70. The molecular formula is C20H32N4O2. The Morgan fingerprint density at radius 3 is 2.50 bits per heavy atom. The minimum absolute atomic E-state index is 0.0725. The van der Waals surface area contributed by atoms with Crippen molar-refractivity contribution in [3.8, 4) is 5.75 Å². The molecule has 6 nitrogen and oxygen atoms in total. The number of hydrogen-bond donors (Lipinski definition) is 1. The maximum Gasteiger partial charge on any atom is 0.317 e. The molecule has 1 N–H and O–H groups in total. The Morgan fingerprint density at radius 2 is 1.77 bits per heavy atom. The van der Waals surface area contributed by atoms with Gasteiger partial charge in [-0.05, 0) is 51.0 Å². The first kappa shape index (κ1) is 18.8. The summed E-state index contributed by atoms with van der Waals surface area (Å²) in [4.78, 5) is 19.1. The Bertz CT molecular complexity index is 567. The SMILES string of the molecule is COc1ccccc1N1CCN(C(=O)NCCCN2CCCCC2)CC1. The first-order valence-corrected chi connectivity index (χ1v) is 9.91. The summed E-state index contributed by atoms with van der Waals surface area (Å²) >= 11 is 0. The maximum absolute atomic E-state index is 12.4. The van der Waals surface area contributed by atoms with Gasteiger partial charge < -0.3 is 24.8 Å². The average Bonchev–Trinajstić information content (AvgIpc) is 2.72. The Kier molecular flexibility index (Phi) is 7.00. The van der Waals surface area contributed by atoms with Crippen molar-refractivity contribution < 1.29 is 9.53 Å². The normalized spacial score (nSPS) is 18.7. The molecule has 2 aliphatic heterocycles. The fraction of sp³-hybridized carbons (Fsp3) is 0.650. The lowest BCUT2D eigenvalue weighted by molar-refractivity contribution is 0.191. The second kappa shape index (κ2) is 9.67. The van der Waals surface area contributed by atoms with Crippen molar-refractivity contribution in [3.05, 3.63) is 24.3 Å². The van der Waals surface area contributed by atoms with Crippen LogP contribution in [0.25, 0.3) is 0 Å². The molecule has 1 aromatic rings. The summed E-state index contributed by atoms with van der Waals surface area (Å²) in [6.07, 6.45) is 5.05. The van der Waals surface area contributed by atoms with E-state index in [9.17, 15) is 4.79 Å². The zero-order valence-corrected chi connectivity index (χ0v) is 16.0. The van der Waals surface area contributed by atoms with Gasteiger partial charge in [0.25, 0.3) is 0 Å². The molecular weight excluding hydrogens is 328 g/mol. The lowest BCUT2D eigenvalue weighted by atomic mass is 10.1. The van der Waals surface area contributed by atoms with Crippen LogP contribution in [0.5, 0.6) is 5.75 Å². The number of hydrogen-bond acceptors (Lipinski definition) is 4. The molecule has 0 atom stereocenters. The van der Waals surface area contributed by atoms with Gasteiger partial charge in [-0.2, -0.15) is 0 Å². The second-order valence-electron chi connectivity index (χ2n) is 7.13. The molecule has 0 radical (unpaired) electrons. The number of likely N-dealkylation sites (tertiary alicyclic amines) is 1. The number of methoxy groups -OCH3 is 1. The highest BCUT2D eigenvalue weighted by Crippen LogP contribution is 2.28. The highest BCUT2D eigenvalue weighted by atomic mass is 16.5. The van der Waals surface area contributed by atoms with Gasteiger partial charge in [0.1, 0.15) is 5.75 Å². The molecule has 0 spiro atoms. The molecule has 2 heterocycles. The van der Waals surface area contributed by atoms with Gasteiger partial charge in [0, 0.05) is 32.7 Å². The van der Waals surface area contributed by atoms with Crippen molar-refractivity contribution in [2.24, 2.45) is 0 Å². The number of benzene rings is 1. The summed E-state index contributed by atoms with van der Waals surface area (Å²) in [5.41, 5.74) is 1.11. The quantitative estimate of drug-likeness (QED) is 0.792. The summed E-state index contributed by atoms with van der Waals surface area (Å²) < 4.78 is 5.45. The number of ether oxygens (including phenoxy) is 1. The Balaban J connectivity index is 1.36. The van der Waals surface area contributed by atoms with Crippen LogP contribution < -0.4 is 15.0 Å². The molecule has 1 aromatic carbocycles. The maximum atomic E-state index is 12.4. The van der Waals surface area contributed by atoms with Crippen LogP contribution >= 0.6 is 0 Å². The largest absolute Gasteiger partial charge is 0.495 e. The molecule has 0 aromatic heterocycles. The smallest absolute Gasteiger partial charge is 0.317 e. The van der Waals surface area contributed by atoms with Gasteiger partial charge in [0.2, 0.25) is 0 Å². The molecule has 6 heteroatoms. The van der Waals surface area contributed by atoms with E-state index in [4.69, 9.17) is 4.74 Å². The zero-order valence-electron chi connectivity index (χ0n) is 16.0. The van der Waals surface area contributed by atoms with Crippen LogP contribution in [0, 0.1) is 0 Å². The monoisotopic (exact) mass is 360 g/mol. The van der Waals surface area contributed by atoms with Crippen LogP contribution in [0.2, 0.25) is 0 Å². The Hall–Kier alpha value is -1.95. The third-order valence-corrected chi connectivity index (χ3v) is 5.37. The van der Waals surface area contributed by atoms with E-state index in [1.165, 1.54) is 32.4 Å². The molecule has 2 aliphatic rings. The van der Waals surface area contributed by atoms with Crippen molar-refractivity contribution in [1.82, 2.24) is 15.1 Å². The minimum atomic E-state index is 0.0725. The third-order valence-electron chi connectivity index (χ3n) is 5.37. The number of nitrogens with zero attached hydrogens (tertiary/aromatic N) is 3. The van der Waals surface area contributed by atoms with Crippen LogP contribution in [0.4, 0.5) is 10.5 Å². The minimum Gasteiger partial charge on any atom is -0.495 e. The Labute approximate surface area is 157 Å². The predicted octanol–water partition coefficient (Wildman–Crippen LogP) is 2.40. The van der Waals surface area contributed by atoms with Gasteiger partial charge in [-0.1, -0.05) is 18.6 Å². The van der Waals surface area contributed by atoms with E-state index in [-0.39, 0.29) is 6.03 Å². The molecule has 0 aliphatic carbocycles. The summed E-state index contributed by atoms with van der Waals surface area (Å²) in [6, 6.07) is 8.14. The van der Waals surface area contributed by atoms with E-state index in [1.807, 2.05) is 23.1 Å².